The highest BCUT2D eigenvalue weighted by Gasteiger charge is 2.35. The molecule has 0 radical (unpaired) electrons. The lowest BCUT2D eigenvalue weighted by molar-refractivity contribution is 0.0179. The van der Waals surface area contributed by atoms with Gasteiger partial charge in [0.15, 0.2) is 0 Å². The predicted octanol–water partition coefficient (Wildman–Crippen LogP) is 2.39. The zero-order valence-electron chi connectivity index (χ0n) is 11.9. The van der Waals surface area contributed by atoms with Crippen LogP contribution in [0.4, 0.5) is 0 Å². The SMILES string of the molecule is CCN(CC(C)OC)C1(CN)CCCCCC1. The fourth-order valence-corrected chi connectivity index (χ4v) is 3.08. The molecule has 2 N–H and O–H groups in total. The van der Waals surface area contributed by atoms with Crippen molar-refractivity contribution in [1.29, 1.82) is 0 Å². The topological polar surface area (TPSA) is 38.5 Å². The first-order valence-electron chi connectivity index (χ1n) is 7.16. The van der Waals surface area contributed by atoms with Crippen LogP contribution in [0.3, 0.4) is 0 Å². The lowest BCUT2D eigenvalue weighted by Gasteiger charge is -2.43. The molecule has 1 unspecified atom stereocenters. The van der Waals surface area contributed by atoms with E-state index in [9.17, 15) is 0 Å². The minimum Gasteiger partial charge on any atom is -0.380 e. The van der Waals surface area contributed by atoms with E-state index in [0.29, 0.717) is 6.10 Å². The Labute approximate surface area is 107 Å². The molecule has 1 atom stereocenters. The minimum absolute atomic E-state index is 0.234. The molecule has 17 heavy (non-hydrogen) atoms. The Morgan fingerprint density at radius 2 is 1.82 bits per heavy atom. The van der Waals surface area contributed by atoms with Crippen LogP contribution in [0.15, 0.2) is 0 Å². The van der Waals surface area contributed by atoms with Crippen LogP contribution < -0.4 is 5.73 Å². The highest BCUT2D eigenvalue weighted by Crippen LogP contribution is 2.32. The van der Waals surface area contributed by atoms with Gasteiger partial charge in [0, 0.05) is 25.7 Å². The van der Waals surface area contributed by atoms with Gasteiger partial charge in [-0.3, -0.25) is 4.90 Å². The van der Waals surface area contributed by atoms with Gasteiger partial charge in [0.1, 0.15) is 0 Å². The molecule has 1 aliphatic rings. The van der Waals surface area contributed by atoms with Crippen LogP contribution in [0.1, 0.15) is 52.4 Å². The molecule has 3 nitrogen and oxygen atoms in total. The van der Waals surface area contributed by atoms with Crippen molar-refractivity contribution in [2.75, 3.05) is 26.7 Å². The highest BCUT2D eigenvalue weighted by molar-refractivity contribution is 4.93. The van der Waals surface area contributed by atoms with Crippen LogP contribution in [-0.4, -0.2) is 43.3 Å². The van der Waals surface area contributed by atoms with E-state index in [1.54, 1.807) is 7.11 Å². The predicted molar refractivity (Wildman–Crippen MR) is 73.2 cm³/mol. The average Bonchev–Trinajstić information content (AvgIpc) is 2.61. The van der Waals surface area contributed by atoms with Crippen LogP contribution in [0.2, 0.25) is 0 Å². The second kappa shape index (κ2) is 7.34. The third-order valence-electron chi connectivity index (χ3n) is 4.35. The van der Waals surface area contributed by atoms with E-state index < -0.39 is 0 Å². The summed E-state index contributed by atoms with van der Waals surface area (Å²) in [7, 11) is 1.79. The summed E-state index contributed by atoms with van der Waals surface area (Å²) in [5.41, 5.74) is 6.35. The van der Waals surface area contributed by atoms with E-state index in [0.717, 1.165) is 19.6 Å². The standard InChI is InChI=1S/C14H30N2O/c1-4-16(11-13(2)17-3)14(12-15)9-7-5-6-8-10-14/h13H,4-12,15H2,1-3H3. The first kappa shape index (κ1) is 14.9. The van der Waals surface area contributed by atoms with E-state index >= 15 is 0 Å². The molecule has 0 bridgehead atoms. The maximum absolute atomic E-state index is 6.12. The number of likely N-dealkylation sites (N-methyl/N-ethyl adjacent to an activating group) is 1. The lowest BCUT2D eigenvalue weighted by atomic mass is 9.87. The number of hydrogen-bond donors (Lipinski definition) is 1. The van der Waals surface area contributed by atoms with Crippen LogP contribution in [-0.2, 0) is 4.74 Å². The maximum Gasteiger partial charge on any atom is 0.0670 e. The Hall–Kier alpha value is -0.120. The van der Waals surface area contributed by atoms with Gasteiger partial charge >= 0.3 is 0 Å². The fraction of sp³-hybridized carbons (Fsp3) is 1.00. The summed E-state index contributed by atoms with van der Waals surface area (Å²) < 4.78 is 5.41. The highest BCUT2D eigenvalue weighted by atomic mass is 16.5. The van der Waals surface area contributed by atoms with Crippen LogP contribution in [0, 0.1) is 0 Å². The molecule has 0 aromatic heterocycles. The summed E-state index contributed by atoms with van der Waals surface area (Å²) >= 11 is 0. The first-order chi connectivity index (χ1) is 8.18. The Balaban J connectivity index is 2.71. The molecule has 1 saturated carbocycles. The molecule has 1 fully saturated rings. The molecule has 1 aliphatic carbocycles. The monoisotopic (exact) mass is 242 g/mol. The normalized spacial score (nSPS) is 22.4. The van der Waals surface area contributed by atoms with Gasteiger partial charge in [-0.15, -0.1) is 0 Å². The molecule has 0 heterocycles. The van der Waals surface area contributed by atoms with Crippen LogP contribution in [0.5, 0.6) is 0 Å². The summed E-state index contributed by atoms with van der Waals surface area (Å²) in [6.45, 7) is 7.25. The number of nitrogens with zero attached hydrogens (tertiary/aromatic N) is 1. The van der Waals surface area contributed by atoms with Crippen molar-refractivity contribution in [1.82, 2.24) is 4.90 Å². The van der Waals surface area contributed by atoms with Crippen molar-refractivity contribution < 1.29 is 4.74 Å². The molecule has 0 aliphatic heterocycles. The summed E-state index contributed by atoms with van der Waals surface area (Å²) in [4.78, 5) is 2.56. The van der Waals surface area contributed by atoms with Crippen molar-refractivity contribution in [3.05, 3.63) is 0 Å². The van der Waals surface area contributed by atoms with Gasteiger partial charge in [-0.25, -0.2) is 0 Å². The van der Waals surface area contributed by atoms with Crippen LogP contribution >= 0.6 is 0 Å². The number of ether oxygens (including phenoxy) is 1. The first-order valence-corrected chi connectivity index (χ1v) is 7.16. The van der Waals surface area contributed by atoms with Gasteiger partial charge in [-0.05, 0) is 26.3 Å². The smallest absolute Gasteiger partial charge is 0.0670 e. The third-order valence-corrected chi connectivity index (χ3v) is 4.35. The van der Waals surface area contributed by atoms with Crippen molar-refractivity contribution in [2.24, 2.45) is 5.73 Å². The van der Waals surface area contributed by atoms with Crippen LogP contribution in [0.25, 0.3) is 0 Å². The molecule has 1 rings (SSSR count). The maximum atomic E-state index is 6.12. The van der Waals surface area contributed by atoms with E-state index in [-0.39, 0.29) is 5.54 Å². The molecule has 0 amide bonds. The van der Waals surface area contributed by atoms with Gasteiger partial charge in [0.05, 0.1) is 6.10 Å². The molecule has 0 spiro atoms. The number of nitrogens with two attached hydrogens (primary N) is 1. The Morgan fingerprint density at radius 3 is 2.24 bits per heavy atom. The van der Waals surface area contributed by atoms with Crippen molar-refractivity contribution in [3.8, 4) is 0 Å². The zero-order valence-corrected chi connectivity index (χ0v) is 11.9. The van der Waals surface area contributed by atoms with Gasteiger partial charge in [-0.2, -0.15) is 0 Å². The number of methoxy groups -OCH3 is 1. The van der Waals surface area contributed by atoms with E-state index in [4.69, 9.17) is 10.5 Å². The molecular formula is C14H30N2O. The Kier molecular flexibility index (Phi) is 6.45. The Bertz CT molecular complexity index is 200. The molecule has 3 heteroatoms. The quantitative estimate of drug-likeness (QED) is 0.727. The molecule has 0 aromatic rings. The van der Waals surface area contributed by atoms with E-state index in [1.165, 1.54) is 38.5 Å². The van der Waals surface area contributed by atoms with Gasteiger partial charge in [0.2, 0.25) is 0 Å². The average molecular weight is 242 g/mol. The summed E-state index contributed by atoms with van der Waals surface area (Å²) in [6, 6.07) is 0. The third kappa shape index (κ3) is 3.94. The molecule has 0 aromatic carbocycles. The number of rotatable bonds is 6. The summed E-state index contributed by atoms with van der Waals surface area (Å²) in [5, 5.41) is 0. The second-order valence-electron chi connectivity index (χ2n) is 5.43. The largest absolute Gasteiger partial charge is 0.380 e. The van der Waals surface area contributed by atoms with E-state index in [1.807, 2.05) is 0 Å². The molecular weight excluding hydrogens is 212 g/mol. The van der Waals surface area contributed by atoms with Gasteiger partial charge in [0.25, 0.3) is 0 Å². The minimum atomic E-state index is 0.234. The Morgan fingerprint density at radius 1 is 1.24 bits per heavy atom. The van der Waals surface area contributed by atoms with Crippen molar-refractivity contribution in [3.63, 3.8) is 0 Å². The molecule has 102 valence electrons. The molecule has 0 saturated heterocycles. The van der Waals surface area contributed by atoms with Gasteiger partial charge in [-0.1, -0.05) is 32.6 Å². The zero-order chi connectivity index (χ0) is 12.7. The lowest BCUT2D eigenvalue weighted by Crippen LogP contribution is -2.55. The number of hydrogen-bond acceptors (Lipinski definition) is 3. The summed E-state index contributed by atoms with van der Waals surface area (Å²) in [6.07, 6.45) is 8.21. The van der Waals surface area contributed by atoms with Crippen molar-refractivity contribution >= 4 is 0 Å². The second-order valence-corrected chi connectivity index (χ2v) is 5.43. The van der Waals surface area contributed by atoms with E-state index in [2.05, 4.69) is 18.7 Å². The van der Waals surface area contributed by atoms with Gasteiger partial charge < -0.3 is 10.5 Å². The fourth-order valence-electron chi connectivity index (χ4n) is 3.08. The van der Waals surface area contributed by atoms with Crippen molar-refractivity contribution in [2.45, 2.75) is 64.0 Å². The summed E-state index contributed by atoms with van der Waals surface area (Å²) in [5.74, 6) is 0.